The summed E-state index contributed by atoms with van der Waals surface area (Å²) in [5.41, 5.74) is 5.08. The fourth-order valence-corrected chi connectivity index (χ4v) is 5.09. The monoisotopic (exact) mass is 347 g/mol. The molecule has 2 heterocycles. The minimum absolute atomic E-state index is 0.125. The van der Waals surface area contributed by atoms with E-state index in [9.17, 15) is 18.5 Å². The molecule has 2 aromatic rings. The van der Waals surface area contributed by atoms with Gasteiger partial charge in [-0.25, -0.2) is 13.1 Å². The number of nitro groups is 1. The summed E-state index contributed by atoms with van der Waals surface area (Å²) in [4.78, 5) is 12.0. The molecule has 0 spiro atoms. The number of nitrogens with one attached hydrogen (secondary N) is 1. The average molecular weight is 347 g/mol. The van der Waals surface area contributed by atoms with E-state index in [1.165, 1.54) is 11.3 Å². The van der Waals surface area contributed by atoms with Crippen LogP contribution in [-0.2, 0) is 10.0 Å². The van der Waals surface area contributed by atoms with Gasteiger partial charge in [0.2, 0.25) is 0 Å². The Hall–Kier alpha value is -1.49. The van der Waals surface area contributed by atoms with E-state index in [4.69, 9.17) is 5.73 Å². The Morgan fingerprint density at radius 1 is 1.38 bits per heavy atom. The van der Waals surface area contributed by atoms with Gasteiger partial charge in [-0.05, 0) is 26.0 Å². The summed E-state index contributed by atoms with van der Waals surface area (Å²) in [6, 6.07) is 4.31. The highest BCUT2D eigenvalue weighted by molar-refractivity contribution is 7.91. The molecule has 10 heteroatoms. The van der Waals surface area contributed by atoms with Crippen molar-refractivity contribution in [1.29, 1.82) is 0 Å². The molecule has 0 bridgehead atoms. The van der Waals surface area contributed by atoms with Gasteiger partial charge in [-0.3, -0.25) is 10.1 Å². The molecule has 0 saturated carbocycles. The Bertz CT molecular complexity index is 778. The SMILES string of the molecule is Cc1ccc(C(C)NS(=O)(=O)c2cc([N+](=O)[O-])c(N)s2)s1. The first-order chi connectivity index (χ1) is 9.70. The van der Waals surface area contributed by atoms with Gasteiger partial charge in [0.05, 0.1) is 11.0 Å². The molecule has 0 aliphatic heterocycles. The van der Waals surface area contributed by atoms with E-state index in [0.29, 0.717) is 11.3 Å². The van der Waals surface area contributed by atoms with E-state index in [1.54, 1.807) is 6.92 Å². The lowest BCUT2D eigenvalue weighted by Crippen LogP contribution is -2.25. The van der Waals surface area contributed by atoms with E-state index in [1.807, 2.05) is 19.1 Å². The molecule has 0 radical (unpaired) electrons. The van der Waals surface area contributed by atoms with Crippen molar-refractivity contribution in [1.82, 2.24) is 4.72 Å². The molecule has 0 saturated heterocycles. The minimum atomic E-state index is -3.84. The van der Waals surface area contributed by atoms with Crippen LogP contribution in [0.1, 0.15) is 22.7 Å². The summed E-state index contributed by atoms with van der Waals surface area (Å²) in [5.74, 6) is 0. The number of nitrogen functional groups attached to an aromatic ring is 1. The van der Waals surface area contributed by atoms with Crippen molar-refractivity contribution in [3.05, 3.63) is 38.1 Å². The fraction of sp³-hybridized carbons (Fsp3) is 0.273. The number of nitrogens with zero attached hydrogens (tertiary/aromatic N) is 1. The molecule has 3 N–H and O–H groups in total. The molecule has 0 aliphatic rings. The Balaban J connectivity index is 2.26. The number of thiophene rings is 2. The summed E-state index contributed by atoms with van der Waals surface area (Å²) in [7, 11) is -3.84. The van der Waals surface area contributed by atoms with Crippen LogP contribution in [0.3, 0.4) is 0 Å². The number of sulfonamides is 1. The Morgan fingerprint density at radius 2 is 2.05 bits per heavy atom. The van der Waals surface area contributed by atoms with Crippen LogP contribution in [-0.4, -0.2) is 13.3 Å². The van der Waals surface area contributed by atoms with Crippen molar-refractivity contribution < 1.29 is 13.3 Å². The minimum Gasteiger partial charge on any atom is -0.385 e. The van der Waals surface area contributed by atoms with Crippen molar-refractivity contribution >= 4 is 43.4 Å². The third-order valence-electron chi connectivity index (χ3n) is 2.70. The summed E-state index contributed by atoms with van der Waals surface area (Å²) in [5, 5.41) is 10.6. The van der Waals surface area contributed by atoms with Gasteiger partial charge in [0.1, 0.15) is 4.21 Å². The molecule has 1 atom stereocenters. The Kier molecular flexibility index (Phi) is 4.33. The zero-order chi connectivity index (χ0) is 15.8. The fourth-order valence-electron chi connectivity index (χ4n) is 1.68. The third kappa shape index (κ3) is 3.40. The number of hydrogen-bond donors (Lipinski definition) is 2. The molecule has 0 aliphatic carbocycles. The molecular formula is C11H13N3O4S3. The quantitative estimate of drug-likeness (QED) is 0.637. The predicted molar refractivity (Wildman–Crippen MR) is 83.2 cm³/mol. The topological polar surface area (TPSA) is 115 Å². The average Bonchev–Trinajstić information content (AvgIpc) is 2.95. The van der Waals surface area contributed by atoms with E-state index in [-0.39, 0.29) is 14.9 Å². The van der Waals surface area contributed by atoms with Gasteiger partial charge < -0.3 is 5.73 Å². The van der Waals surface area contributed by atoms with Gasteiger partial charge in [0.25, 0.3) is 10.0 Å². The van der Waals surface area contributed by atoms with Crippen LogP contribution >= 0.6 is 22.7 Å². The van der Waals surface area contributed by atoms with Crippen LogP contribution < -0.4 is 10.5 Å². The molecule has 21 heavy (non-hydrogen) atoms. The predicted octanol–water partition coefficient (Wildman–Crippen LogP) is 2.65. The molecule has 0 fully saturated rings. The Labute approximate surface area is 129 Å². The second kappa shape index (κ2) is 5.72. The lowest BCUT2D eigenvalue weighted by molar-refractivity contribution is -0.383. The number of nitrogens with two attached hydrogens (primary N) is 1. The smallest absolute Gasteiger partial charge is 0.304 e. The summed E-state index contributed by atoms with van der Waals surface area (Å²) < 4.78 is 26.8. The van der Waals surface area contributed by atoms with E-state index in [2.05, 4.69) is 4.72 Å². The lowest BCUT2D eigenvalue weighted by Gasteiger charge is -2.11. The second-order valence-corrected chi connectivity index (χ2v) is 8.71. The van der Waals surface area contributed by atoms with Gasteiger partial charge in [0, 0.05) is 15.8 Å². The van der Waals surface area contributed by atoms with Crippen LogP contribution in [0.5, 0.6) is 0 Å². The highest BCUT2D eigenvalue weighted by atomic mass is 32.2. The summed E-state index contributed by atoms with van der Waals surface area (Å²) in [6.07, 6.45) is 0. The normalized spacial score (nSPS) is 13.2. The van der Waals surface area contributed by atoms with E-state index >= 15 is 0 Å². The van der Waals surface area contributed by atoms with Crippen molar-refractivity contribution in [2.45, 2.75) is 24.1 Å². The third-order valence-corrected chi connectivity index (χ3v) is 6.85. The van der Waals surface area contributed by atoms with Crippen molar-refractivity contribution in [2.75, 3.05) is 5.73 Å². The zero-order valence-corrected chi connectivity index (χ0v) is 13.6. The van der Waals surface area contributed by atoms with Gasteiger partial charge in [-0.15, -0.1) is 11.3 Å². The molecule has 0 aromatic carbocycles. The first kappa shape index (κ1) is 15.9. The van der Waals surface area contributed by atoms with E-state index in [0.717, 1.165) is 15.8 Å². The first-order valence-electron chi connectivity index (χ1n) is 5.83. The number of anilines is 1. The molecular weight excluding hydrogens is 334 g/mol. The van der Waals surface area contributed by atoms with Crippen LogP contribution in [0.25, 0.3) is 0 Å². The van der Waals surface area contributed by atoms with Crippen molar-refractivity contribution in [2.24, 2.45) is 0 Å². The van der Waals surface area contributed by atoms with Crippen LogP contribution in [0.4, 0.5) is 10.7 Å². The number of hydrogen-bond acceptors (Lipinski definition) is 7. The van der Waals surface area contributed by atoms with Crippen molar-refractivity contribution in [3.8, 4) is 0 Å². The Morgan fingerprint density at radius 3 is 2.52 bits per heavy atom. The van der Waals surface area contributed by atoms with Crippen LogP contribution in [0.15, 0.2) is 22.4 Å². The summed E-state index contributed by atoms with van der Waals surface area (Å²) >= 11 is 2.17. The van der Waals surface area contributed by atoms with Gasteiger partial charge >= 0.3 is 5.69 Å². The number of rotatable bonds is 5. The maximum Gasteiger partial charge on any atom is 0.304 e. The van der Waals surface area contributed by atoms with Crippen LogP contribution in [0, 0.1) is 17.0 Å². The zero-order valence-electron chi connectivity index (χ0n) is 11.2. The highest BCUT2D eigenvalue weighted by Crippen LogP contribution is 2.35. The second-order valence-electron chi connectivity index (χ2n) is 4.36. The number of aryl methyl sites for hydroxylation is 1. The van der Waals surface area contributed by atoms with E-state index < -0.39 is 21.0 Å². The standard InChI is InChI=1S/C11H13N3O4S3/c1-6-3-4-9(19-6)7(2)13-21(17,18)10-5-8(14(15)16)11(12)20-10/h3-5,7,13H,12H2,1-2H3. The largest absolute Gasteiger partial charge is 0.385 e. The lowest BCUT2D eigenvalue weighted by atomic mass is 10.3. The molecule has 114 valence electrons. The van der Waals surface area contributed by atoms with Gasteiger partial charge in [-0.1, -0.05) is 11.3 Å². The van der Waals surface area contributed by atoms with Gasteiger partial charge in [-0.2, -0.15) is 0 Å². The molecule has 1 unspecified atom stereocenters. The first-order valence-corrected chi connectivity index (χ1v) is 8.94. The highest BCUT2D eigenvalue weighted by Gasteiger charge is 2.26. The maximum absolute atomic E-state index is 12.2. The molecule has 0 amide bonds. The maximum atomic E-state index is 12.2. The molecule has 7 nitrogen and oxygen atoms in total. The van der Waals surface area contributed by atoms with Gasteiger partial charge in [0.15, 0.2) is 5.00 Å². The molecule has 2 rings (SSSR count). The molecule has 2 aromatic heterocycles. The van der Waals surface area contributed by atoms with Crippen LogP contribution in [0.2, 0.25) is 0 Å². The summed E-state index contributed by atoms with van der Waals surface area (Å²) in [6.45, 7) is 3.65. The van der Waals surface area contributed by atoms with Crippen molar-refractivity contribution in [3.63, 3.8) is 0 Å².